The van der Waals surface area contributed by atoms with Crippen molar-refractivity contribution in [2.75, 3.05) is 11.4 Å². The molecule has 1 aliphatic carbocycles. The van der Waals surface area contributed by atoms with Crippen LogP contribution < -0.4 is 10.2 Å². The number of carbonyl (C=O) groups excluding carboxylic acids is 3. The molecule has 0 bridgehead atoms. The summed E-state index contributed by atoms with van der Waals surface area (Å²) in [7, 11) is 0. The fourth-order valence-electron chi connectivity index (χ4n) is 5.10. The summed E-state index contributed by atoms with van der Waals surface area (Å²) in [6, 6.07) is 3.09. The molecule has 2 atom stereocenters. The van der Waals surface area contributed by atoms with Crippen molar-refractivity contribution in [1.82, 2.24) is 10.2 Å². The molecule has 0 aromatic heterocycles. The number of halogens is 1. The topological polar surface area (TPSA) is 107 Å². The predicted octanol–water partition coefficient (Wildman–Crippen LogP) is 2.28. The van der Waals surface area contributed by atoms with Crippen molar-refractivity contribution in [2.24, 2.45) is 5.41 Å². The molecule has 2 saturated heterocycles. The number of nitrogens with one attached hydrogen (secondary N) is 1. The number of likely N-dealkylation sites (tertiary alicyclic amines) is 1. The van der Waals surface area contributed by atoms with Crippen LogP contribution in [0.3, 0.4) is 0 Å². The van der Waals surface area contributed by atoms with Crippen molar-refractivity contribution < 1.29 is 28.7 Å². The van der Waals surface area contributed by atoms with Crippen LogP contribution in [0, 0.1) is 11.2 Å². The maximum atomic E-state index is 13.3. The largest absolute Gasteiger partial charge is 0.481 e. The van der Waals surface area contributed by atoms with Crippen LogP contribution in [0.4, 0.5) is 14.9 Å². The number of benzene rings is 1. The number of urea groups is 1. The highest BCUT2D eigenvalue weighted by molar-refractivity contribution is 6.19. The number of fused-ring (bicyclic) bond motifs is 1. The van der Waals surface area contributed by atoms with Gasteiger partial charge in [0.05, 0.1) is 18.2 Å². The lowest BCUT2D eigenvalue weighted by atomic mass is 9.79. The molecule has 1 saturated carbocycles. The second-order valence-corrected chi connectivity index (χ2v) is 8.48. The minimum absolute atomic E-state index is 0.0624. The summed E-state index contributed by atoms with van der Waals surface area (Å²) in [4.78, 5) is 52.6. The molecule has 3 aliphatic rings. The van der Waals surface area contributed by atoms with E-state index in [0.717, 1.165) is 29.9 Å². The molecule has 30 heavy (non-hydrogen) atoms. The van der Waals surface area contributed by atoms with E-state index in [1.165, 1.54) is 17.0 Å². The van der Waals surface area contributed by atoms with Gasteiger partial charge in [0, 0.05) is 13.0 Å². The molecular weight excluding hydrogens is 393 g/mol. The zero-order valence-corrected chi connectivity index (χ0v) is 16.5. The van der Waals surface area contributed by atoms with Gasteiger partial charge in [0.15, 0.2) is 0 Å². The lowest BCUT2D eigenvalue weighted by Crippen LogP contribution is -2.65. The van der Waals surface area contributed by atoms with Gasteiger partial charge in [-0.3, -0.25) is 14.4 Å². The fourth-order valence-corrected chi connectivity index (χ4v) is 5.10. The summed E-state index contributed by atoms with van der Waals surface area (Å²) < 4.78 is 13.3. The quantitative estimate of drug-likeness (QED) is 0.764. The molecule has 1 aromatic rings. The van der Waals surface area contributed by atoms with E-state index in [1.54, 1.807) is 0 Å². The molecule has 4 rings (SSSR count). The number of carboxylic acids is 1. The number of imide groups is 1. The summed E-state index contributed by atoms with van der Waals surface area (Å²) in [6.07, 6.45) is 3.61. The van der Waals surface area contributed by atoms with Crippen LogP contribution in [0.2, 0.25) is 0 Å². The third-order valence-corrected chi connectivity index (χ3v) is 6.51. The van der Waals surface area contributed by atoms with Gasteiger partial charge in [-0.25, -0.2) is 14.1 Å². The molecule has 2 heterocycles. The molecule has 1 aromatic carbocycles. The minimum Gasteiger partial charge on any atom is -0.481 e. The highest BCUT2D eigenvalue weighted by Gasteiger charge is 2.51. The van der Waals surface area contributed by atoms with E-state index < -0.39 is 41.2 Å². The number of rotatable bonds is 5. The van der Waals surface area contributed by atoms with Crippen LogP contribution >= 0.6 is 0 Å². The normalized spacial score (nSPS) is 25.2. The van der Waals surface area contributed by atoms with Gasteiger partial charge in [0.2, 0.25) is 5.91 Å². The number of hydrogen-bond donors (Lipinski definition) is 2. The first kappa shape index (κ1) is 20.3. The number of carboxylic acid groups (broad SMARTS) is 1. The van der Waals surface area contributed by atoms with Crippen molar-refractivity contribution in [2.45, 2.75) is 57.0 Å². The molecule has 0 unspecified atom stereocenters. The lowest BCUT2D eigenvalue weighted by Gasteiger charge is -2.38. The monoisotopic (exact) mass is 417 g/mol. The van der Waals surface area contributed by atoms with Gasteiger partial charge in [-0.1, -0.05) is 12.8 Å². The van der Waals surface area contributed by atoms with Crippen LogP contribution in [0.15, 0.2) is 24.3 Å². The predicted molar refractivity (Wildman–Crippen MR) is 104 cm³/mol. The number of amides is 4. The average molecular weight is 417 g/mol. The van der Waals surface area contributed by atoms with Gasteiger partial charge in [-0.15, -0.1) is 0 Å². The summed E-state index contributed by atoms with van der Waals surface area (Å²) in [5.41, 5.74) is -0.340. The highest BCUT2D eigenvalue weighted by Crippen LogP contribution is 2.45. The second-order valence-electron chi connectivity index (χ2n) is 8.48. The average Bonchev–Trinajstić information content (AvgIpc) is 3.30. The van der Waals surface area contributed by atoms with E-state index in [-0.39, 0.29) is 24.4 Å². The Balaban J connectivity index is 1.55. The van der Waals surface area contributed by atoms with Gasteiger partial charge < -0.3 is 15.3 Å². The number of nitrogens with zero attached hydrogens (tertiary/aromatic N) is 2. The molecule has 4 amide bonds. The van der Waals surface area contributed by atoms with Crippen LogP contribution in [0.25, 0.3) is 0 Å². The van der Waals surface area contributed by atoms with E-state index in [9.17, 15) is 28.7 Å². The molecular formula is C21H24FN3O5. The SMILES string of the molecule is O=C(O)CC1(CC(=O)N2CC[C@H]3NC(=O)N(c4ccc(F)cc4)C(=O)[C@H]32)CCCC1. The zero-order chi connectivity index (χ0) is 21.5. The van der Waals surface area contributed by atoms with Crippen molar-refractivity contribution in [3.05, 3.63) is 30.1 Å². The Bertz CT molecular complexity index is 881. The molecule has 2 N–H and O–H groups in total. The van der Waals surface area contributed by atoms with E-state index >= 15 is 0 Å². The second kappa shape index (κ2) is 7.70. The number of aliphatic carboxylic acids is 1. The summed E-state index contributed by atoms with van der Waals surface area (Å²) in [6.45, 7) is 0.320. The first-order chi connectivity index (χ1) is 14.3. The Labute approximate surface area is 173 Å². The van der Waals surface area contributed by atoms with E-state index in [1.807, 2.05) is 0 Å². The summed E-state index contributed by atoms with van der Waals surface area (Å²) >= 11 is 0. The molecule has 0 radical (unpaired) electrons. The number of anilines is 1. The summed E-state index contributed by atoms with van der Waals surface area (Å²) in [5, 5.41) is 12.1. The van der Waals surface area contributed by atoms with Crippen molar-refractivity contribution in [3.8, 4) is 0 Å². The Kier molecular flexibility index (Phi) is 5.21. The van der Waals surface area contributed by atoms with Crippen molar-refractivity contribution >= 4 is 29.5 Å². The third kappa shape index (κ3) is 3.64. The zero-order valence-electron chi connectivity index (χ0n) is 16.5. The van der Waals surface area contributed by atoms with Crippen LogP contribution in [-0.2, 0) is 14.4 Å². The number of hydrogen-bond acceptors (Lipinski definition) is 4. The maximum absolute atomic E-state index is 13.3. The van der Waals surface area contributed by atoms with Crippen LogP contribution in [0.1, 0.15) is 44.9 Å². The smallest absolute Gasteiger partial charge is 0.329 e. The van der Waals surface area contributed by atoms with E-state index in [4.69, 9.17) is 0 Å². The van der Waals surface area contributed by atoms with Crippen LogP contribution in [0.5, 0.6) is 0 Å². The molecule has 0 spiro atoms. The maximum Gasteiger partial charge on any atom is 0.329 e. The molecule has 8 nitrogen and oxygen atoms in total. The van der Waals surface area contributed by atoms with Crippen LogP contribution in [-0.4, -0.2) is 52.4 Å². The lowest BCUT2D eigenvalue weighted by molar-refractivity contribution is -0.143. The first-order valence-corrected chi connectivity index (χ1v) is 10.2. The molecule has 9 heteroatoms. The third-order valence-electron chi connectivity index (χ3n) is 6.51. The van der Waals surface area contributed by atoms with Gasteiger partial charge >= 0.3 is 12.0 Å². The van der Waals surface area contributed by atoms with E-state index in [2.05, 4.69) is 5.32 Å². The Morgan fingerprint density at radius 1 is 1.13 bits per heavy atom. The highest BCUT2D eigenvalue weighted by atomic mass is 19.1. The Morgan fingerprint density at radius 3 is 2.43 bits per heavy atom. The Hall–Kier alpha value is -2.97. The van der Waals surface area contributed by atoms with Gasteiger partial charge in [0.25, 0.3) is 5.91 Å². The summed E-state index contributed by atoms with van der Waals surface area (Å²) in [5.74, 6) is -2.19. The Morgan fingerprint density at radius 2 is 1.80 bits per heavy atom. The van der Waals surface area contributed by atoms with Gasteiger partial charge in [0.1, 0.15) is 11.9 Å². The molecule has 160 valence electrons. The first-order valence-electron chi connectivity index (χ1n) is 10.2. The van der Waals surface area contributed by atoms with Crippen molar-refractivity contribution in [1.29, 1.82) is 0 Å². The molecule has 2 aliphatic heterocycles. The van der Waals surface area contributed by atoms with Gasteiger partial charge in [-0.05, 0) is 48.9 Å². The van der Waals surface area contributed by atoms with Crippen molar-refractivity contribution in [3.63, 3.8) is 0 Å². The standard InChI is InChI=1S/C21H24FN3O5/c22-13-3-5-14(6-4-13)25-19(29)18-15(23-20(25)30)7-10-24(18)16(26)11-21(12-17(27)28)8-1-2-9-21/h3-6,15,18H,1-2,7-12H2,(H,23,30)(H,27,28)/t15-,18+/m1/s1. The molecule has 3 fully saturated rings. The minimum atomic E-state index is -0.924. The fraction of sp³-hybridized carbons (Fsp3) is 0.524. The number of carbonyl (C=O) groups is 4. The van der Waals surface area contributed by atoms with Gasteiger partial charge in [-0.2, -0.15) is 0 Å². The van der Waals surface area contributed by atoms with E-state index in [0.29, 0.717) is 25.8 Å².